The first-order chi connectivity index (χ1) is 19.2. The molecule has 11 nitrogen and oxygen atoms in total. The molecule has 3 aromatic rings. The Morgan fingerprint density at radius 3 is 1.32 bits per heavy atom. The number of H-pyrrole nitrogens is 1. The van der Waals surface area contributed by atoms with Crippen LogP contribution in [-0.2, 0) is 32.1 Å². The fraction of sp³-hybridized carbons (Fsp3) is 0.400. The van der Waals surface area contributed by atoms with Gasteiger partial charge in [-0.1, -0.05) is 60.7 Å². The number of carbonyl (C=O) groups is 4. The normalized spacial score (nSPS) is 13.4. The number of nitrogens with one attached hydrogen (secondary N) is 3. The van der Waals surface area contributed by atoms with Gasteiger partial charge in [0.15, 0.2) is 11.4 Å². The summed E-state index contributed by atoms with van der Waals surface area (Å²) >= 11 is 0. The van der Waals surface area contributed by atoms with Crippen molar-refractivity contribution >= 4 is 23.1 Å². The molecule has 1 aromatic heterocycles. The van der Waals surface area contributed by atoms with Gasteiger partial charge in [-0.25, -0.2) is 0 Å². The van der Waals surface area contributed by atoms with E-state index in [9.17, 15) is 19.2 Å². The van der Waals surface area contributed by atoms with Gasteiger partial charge in [-0.3, -0.25) is 28.9 Å². The third-order valence-electron chi connectivity index (χ3n) is 5.64. The molecule has 0 spiro atoms. The van der Waals surface area contributed by atoms with Crippen LogP contribution in [0.25, 0.3) is 0 Å². The zero-order valence-corrected chi connectivity index (χ0v) is 24.2. The molecule has 3 rings (SSSR count). The van der Waals surface area contributed by atoms with Crippen LogP contribution in [-0.4, -0.2) is 61.8 Å². The summed E-state index contributed by atoms with van der Waals surface area (Å²) in [4.78, 5) is 64.7. The van der Waals surface area contributed by atoms with Crippen molar-refractivity contribution in [3.8, 4) is 0 Å². The number of hydroxylamine groups is 2. The molecule has 2 atom stereocenters. The molecular formula is C30H37N5O6. The summed E-state index contributed by atoms with van der Waals surface area (Å²) in [5.74, 6) is -3.97. The molecule has 0 aliphatic carbocycles. The molecule has 0 aliphatic rings. The molecule has 0 saturated heterocycles. The first kappa shape index (κ1) is 31.6. The highest BCUT2D eigenvalue weighted by molar-refractivity contribution is 6.50. The lowest BCUT2D eigenvalue weighted by Crippen LogP contribution is -2.47. The Bertz CT molecular complexity index is 1240. The van der Waals surface area contributed by atoms with E-state index in [0.29, 0.717) is 0 Å². The molecule has 0 bridgehead atoms. The third-order valence-corrected chi connectivity index (χ3v) is 5.64. The number of hydrogen-bond acceptors (Lipinski definition) is 10. The lowest BCUT2D eigenvalue weighted by atomic mass is 9.96. The second kappa shape index (κ2) is 13.6. The minimum Gasteiger partial charge on any atom is -0.295 e. The standard InChI is InChI=1S/C30H37N5O6/c1-29(2,3)40-33-21(17-19-13-9-7-10-14-19)25(36)27(38)23-24(32-35-31-23)28(39)26(37)22(34-41-30(4,5)6)18-20-15-11-8-12-16-20/h7-16,21-22,33-34H,17-18H2,1-6H3,(H,31,32,35). The van der Waals surface area contributed by atoms with E-state index in [1.165, 1.54) is 0 Å². The highest BCUT2D eigenvalue weighted by atomic mass is 16.7. The maximum absolute atomic E-state index is 13.4. The molecule has 1 heterocycles. The number of carbonyl (C=O) groups excluding carboxylic acids is 4. The lowest BCUT2D eigenvalue weighted by molar-refractivity contribution is -0.129. The van der Waals surface area contributed by atoms with Gasteiger partial charge in [0.25, 0.3) is 11.6 Å². The van der Waals surface area contributed by atoms with Crippen LogP contribution >= 0.6 is 0 Å². The molecule has 0 saturated carbocycles. The van der Waals surface area contributed by atoms with Gasteiger partial charge in [0.1, 0.15) is 12.1 Å². The maximum atomic E-state index is 13.4. The summed E-state index contributed by atoms with van der Waals surface area (Å²) in [5, 5.41) is 9.75. The van der Waals surface area contributed by atoms with Crippen molar-refractivity contribution < 1.29 is 28.9 Å². The van der Waals surface area contributed by atoms with E-state index in [-0.39, 0.29) is 12.8 Å². The molecule has 41 heavy (non-hydrogen) atoms. The van der Waals surface area contributed by atoms with Crippen molar-refractivity contribution in [2.45, 2.75) is 77.7 Å². The number of rotatable bonds is 14. The first-order valence-electron chi connectivity index (χ1n) is 13.3. The highest BCUT2D eigenvalue weighted by Gasteiger charge is 2.37. The van der Waals surface area contributed by atoms with Crippen molar-refractivity contribution in [2.24, 2.45) is 0 Å². The van der Waals surface area contributed by atoms with Gasteiger partial charge in [-0.2, -0.15) is 26.4 Å². The number of nitrogens with zero attached hydrogens (tertiary/aromatic N) is 2. The van der Waals surface area contributed by atoms with Crippen LogP contribution in [0.15, 0.2) is 60.7 Å². The van der Waals surface area contributed by atoms with E-state index in [1.54, 1.807) is 41.5 Å². The number of ketones is 4. The Kier molecular flexibility index (Phi) is 10.5. The quantitative estimate of drug-likeness (QED) is 0.151. The molecular weight excluding hydrogens is 526 g/mol. The lowest BCUT2D eigenvalue weighted by Gasteiger charge is -2.24. The van der Waals surface area contributed by atoms with Crippen molar-refractivity contribution in [1.29, 1.82) is 0 Å². The summed E-state index contributed by atoms with van der Waals surface area (Å²) in [6.07, 6.45) is 0.267. The van der Waals surface area contributed by atoms with E-state index >= 15 is 0 Å². The van der Waals surface area contributed by atoms with Crippen LogP contribution in [0.4, 0.5) is 0 Å². The van der Waals surface area contributed by atoms with Crippen molar-refractivity contribution in [3.05, 3.63) is 83.2 Å². The smallest absolute Gasteiger partial charge is 0.252 e. The van der Waals surface area contributed by atoms with Gasteiger partial charge in [-0.05, 0) is 65.5 Å². The average Bonchev–Trinajstić information content (AvgIpc) is 3.42. The van der Waals surface area contributed by atoms with E-state index in [2.05, 4.69) is 26.4 Å². The topological polar surface area (TPSA) is 152 Å². The predicted octanol–water partition coefficient (Wildman–Crippen LogP) is 3.17. The van der Waals surface area contributed by atoms with Crippen LogP contribution in [0.3, 0.4) is 0 Å². The maximum Gasteiger partial charge on any atom is 0.252 e. The summed E-state index contributed by atoms with van der Waals surface area (Å²) in [5.41, 5.74) is 4.55. The number of Topliss-reactive ketones (excluding diaryl/α,β-unsaturated/α-hetero) is 4. The fourth-order valence-electron chi connectivity index (χ4n) is 3.67. The Labute approximate surface area is 239 Å². The van der Waals surface area contributed by atoms with Crippen LogP contribution < -0.4 is 11.0 Å². The molecule has 2 unspecified atom stereocenters. The van der Waals surface area contributed by atoms with Gasteiger partial charge >= 0.3 is 0 Å². The molecule has 0 amide bonds. The van der Waals surface area contributed by atoms with Crippen LogP contribution in [0.1, 0.15) is 73.6 Å². The Balaban J connectivity index is 1.85. The molecule has 0 radical (unpaired) electrons. The minimum absolute atomic E-state index is 0.134. The van der Waals surface area contributed by atoms with E-state index in [0.717, 1.165) is 11.1 Å². The van der Waals surface area contributed by atoms with E-state index < -0.39 is 57.8 Å². The summed E-state index contributed by atoms with van der Waals surface area (Å²) in [6, 6.07) is 16.0. The van der Waals surface area contributed by atoms with Crippen LogP contribution in [0.2, 0.25) is 0 Å². The molecule has 218 valence electrons. The molecule has 11 heteroatoms. The Hall–Kier alpha value is -3.90. The number of hydrogen-bond donors (Lipinski definition) is 3. The second-order valence-electron chi connectivity index (χ2n) is 11.6. The Morgan fingerprint density at radius 1 is 0.659 bits per heavy atom. The van der Waals surface area contributed by atoms with Gasteiger partial charge < -0.3 is 0 Å². The number of benzene rings is 2. The monoisotopic (exact) mass is 563 g/mol. The van der Waals surface area contributed by atoms with Gasteiger partial charge in [0.2, 0.25) is 11.6 Å². The van der Waals surface area contributed by atoms with E-state index in [1.807, 2.05) is 60.7 Å². The molecule has 0 aliphatic heterocycles. The highest BCUT2D eigenvalue weighted by Crippen LogP contribution is 2.15. The third kappa shape index (κ3) is 9.61. The SMILES string of the molecule is CC(C)(C)ONC(Cc1ccccc1)C(=O)C(=O)c1n[nH]nc1C(=O)C(=O)C(Cc1ccccc1)NOC(C)(C)C. The predicted molar refractivity (Wildman–Crippen MR) is 151 cm³/mol. The van der Waals surface area contributed by atoms with Crippen molar-refractivity contribution in [2.75, 3.05) is 0 Å². The van der Waals surface area contributed by atoms with Gasteiger partial charge in [0, 0.05) is 0 Å². The minimum atomic E-state index is -1.09. The van der Waals surface area contributed by atoms with Crippen molar-refractivity contribution in [1.82, 2.24) is 26.4 Å². The molecule has 2 aromatic carbocycles. The zero-order chi connectivity index (χ0) is 30.2. The largest absolute Gasteiger partial charge is 0.295 e. The van der Waals surface area contributed by atoms with Gasteiger partial charge in [0.05, 0.1) is 11.2 Å². The van der Waals surface area contributed by atoms with Crippen molar-refractivity contribution in [3.63, 3.8) is 0 Å². The molecule has 0 fully saturated rings. The fourth-order valence-corrected chi connectivity index (χ4v) is 3.67. The van der Waals surface area contributed by atoms with Gasteiger partial charge in [-0.15, -0.1) is 0 Å². The number of aromatic nitrogens is 3. The first-order valence-corrected chi connectivity index (χ1v) is 13.3. The zero-order valence-electron chi connectivity index (χ0n) is 24.2. The molecule has 3 N–H and O–H groups in total. The van der Waals surface area contributed by atoms with E-state index in [4.69, 9.17) is 9.68 Å². The Morgan fingerprint density at radius 2 is 1.00 bits per heavy atom. The summed E-state index contributed by atoms with van der Waals surface area (Å²) < 4.78 is 0. The van der Waals surface area contributed by atoms with Crippen LogP contribution in [0.5, 0.6) is 0 Å². The summed E-state index contributed by atoms with van der Waals surface area (Å²) in [7, 11) is 0. The number of aromatic amines is 1. The van der Waals surface area contributed by atoms with Crippen LogP contribution in [0, 0.1) is 0 Å². The average molecular weight is 564 g/mol. The summed E-state index contributed by atoms with van der Waals surface area (Å²) in [6.45, 7) is 10.7. The second-order valence-corrected chi connectivity index (χ2v) is 11.6.